The molecule has 56 valence electrons. The van der Waals surface area contributed by atoms with Gasteiger partial charge in [0.25, 0.3) is 9.24 Å². The van der Waals surface area contributed by atoms with E-state index in [0.29, 0.717) is 0 Å². The first kappa shape index (κ1) is 9.16. The molecular weight excluding hydrogens is 164 g/mol. The summed E-state index contributed by atoms with van der Waals surface area (Å²) in [6.45, 7) is 0.536. The summed E-state index contributed by atoms with van der Waals surface area (Å²) < 4.78 is 21.7. The molecule has 0 aromatic rings. The van der Waals surface area contributed by atoms with E-state index in [0.717, 1.165) is 4.31 Å². The monoisotopic (exact) mass is 172 g/mol. The van der Waals surface area contributed by atoms with Crippen molar-refractivity contribution in [3.05, 3.63) is 0 Å². The molecule has 6 heteroatoms. The number of nitrogens with zero attached hydrogens (tertiary/aromatic N) is 1. The molecule has 0 fully saturated rings. The summed E-state index contributed by atoms with van der Waals surface area (Å²) in [7, 11) is 2.74. The Bertz CT molecular complexity index is 167. The Hall–Kier alpha value is 0.160. The normalized spacial score (nSPS) is 12.4. The Morgan fingerprint density at radius 2 is 2.11 bits per heavy atom. The number of nitrogens with two attached hydrogens (primary N) is 1. The molecule has 4 nitrogen and oxygen atoms in total. The van der Waals surface area contributed by atoms with Crippen LogP contribution in [0.5, 0.6) is 0 Å². The number of hydrogen-bond donors (Lipinski definition) is 1. The van der Waals surface area contributed by atoms with Gasteiger partial charge in [0.1, 0.15) is 0 Å². The van der Waals surface area contributed by atoms with E-state index in [1.54, 1.807) is 0 Å². The third-order valence-electron chi connectivity index (χ3n) is 0.816. The van der Waals surface area contributed by atoms with Gasteiger partial charge >= 0.3 is 0 Å². The average Bonchev–Trinajstić information content (AvgIpc) is 1.64. The van der Waals surface area contributed by atoms with Crippen LogP contribution in [0.15, 0.2) is 0 Å². The summed E-state index contributed by atoms with van der Waals surface area (Å²) in [4.78, 5) is 0. The standard InChI is InChI=1S/C3H9ClN2O2S/c1-6(3-2-5)9(4,7)8/h2-3,5H2,1H3. The Labute approximate surface area is 59.1 Å². The van der Waals surface area contributed by atoms with Gasteiger partial charge in [-0.05, 0) is 0 Å². The van der Waals surface area contributed by atoms with Crippen LogP contribution in [-0.4, -0.2) is 32.9 Å². The Kier molecular flexibility index (Phi) is 3.42. The van der Waals surface area contributed by atoms with Crippen LogP contribution in [0.4, 0.5) is 0 Å². The lowest BCUT2D eigenvalue weighted by atomic mass is 10.7. The number of halogens is 1. The first-order chi connectivity index (χ1) is 3.98. The van der Waals surface area contributed by atoms with Crippen LogP contribution in [0, 0.1) is 0 Å². The van der Waals surface area contributed by atoms with Crippen LogP contribution in [0.2, 0.25) is 0 Å². The fourth-order valence-electron chi connectivity index (χ4n) is 0.291. The van der Waals surface area contributed by atoms with Crippen LogP contribution >= 0.6 is 10.7 Å². The van der Waals surface area contributed by atoms with E-state index >= 15 is 0 Å². The van der Waals surface area contributed by atoms with E-state index < -0.39 is 9.24 Å². The minimum absolute atomic E-state index is 0.256. The van der Waals surface area contributed by atoms with Crippen LogP contribution in [0.1, 0.15) is 0 Å². The largest absolute Gasteiger partial charge is 0.329 e. The third-order valence-corrected chi connectivity index (χ3v) is 2.45. The van der Waals surface area contributed by atoms with Crippen molar-refractivity contribution in [1.29, 1.82) is 0 Å². The van der Waals surface area contributed by atoms with Gasteiger partial charge in [0.05, 0.1) is 0 Å². The van der Waals surface area contributed by atoms with E-state index in [1.807, 2.05) is 0 Å². The summed E-state index contributed by atoms with van der Waals surface area (Å²) in [6, 6.07) is 0. The fourth-order valence-corrected chi connectivity index (χ4v) is 0.821. The number of rotatable bonds is 3. The molecule has 0 aliphatic rings. The van der Waals surface area contributed by atoms with Gasteiger partial charge in [-0.25, -0.2) is 0 Å². The van der Waals surface area contributed by atoms with Crippen LogP contribution in [-0.2, 0) is 9.24 Å². The predicted octanol–water partition coefficient (Wildman–Crippen LogP) is -0.639. The zero-order valence-corrected chi connectivity index (χ0v) is 6.61. The topological polar surface area (TPSA) is 63.4 Å². The van der Waals surface area contributed by atoms with Crippen molar-refractivity contribution in [1.82, 2.24) is 4.31 Å². The van der Waals surface area contributed by atoms with E-state index in [4.69, 9.17) is 16.4 Å². The Balaban J connectivity index is 3.90. The second-order valence-electron chi connectivity index (χ2n) is 1.55. The molecule has 0 saturated heterocycles. The SMILES string of the molecule is CN(CCN)S(=O)(=O)Cl. The smallest absolute Gasteiger partial charge is 0.299 e. The van der Waals surface area contributed by atoms with Crippen molar-refractivity contribution >= 4 is 19.9 Å². The first-order valence-electron chi connectivity index (χ1n) is 2.34. The zero-order valence-electron chi connectivity index (χ0n) is 5.04. The molecule has 2 N–H and O–H groups in total. The summed E-state index contributed by atoms with van der Waals surface area (Å²) in [5.41, 5.74) is 5.06. The number of hydrogen-bond acceptors (Lipinski definition) is 3. The highest BCUT2D eigenvalue weighted by Gasteiger charge is 2.10. The summed E-state index contributed by atoms with van der Waals surface area (Å²) in [5, 5.41) is 0. The second kappa shape index (κ2) is 3.36. The van der Waals surface area contributed by atoms with E-state index in [1.165, 1.54) is 7.05 Å². The van der Waals surface area contributed by atoms with Crippen molar-refractivity contribution in [3.63, 3.8) is 0 Å². The molecule has 0 bridgehead atoms. The molecule has 0 radical (unpaired) electrons. The van der Waals surface area contributed by atoms with Crippen molar-refractivity contribution in [2.24, 2.45) is 5.73 Å². The van der Waals surface area contributed by atoms with Gasteiger partial charge in [-0.2, -0.15) is 12.7 Å². The molecule has 0 atom stereocenters. The minimum Gasteiger partial charge on any atom is -0.329 e. The molecule has 0 amide bonds. The van der Waals surface area contributed by atoms with Gasteiger partial charge in [-0.3, -0.25) is 0 Å². The van der Waals surface area contributed by atoms with Crippen molar-refractivity contribution < 1.29 is 8.42 Å². The molecule has 0 aliphatic carbocycles. The molecule has 0 unspecified atom stereocenters. The molecule has 0 saturated carbocycles. The van der Waals surface area contributed by atoms with Gasteiger partial charge in [-0.1, -0.05) is 0 Å². The van der Waals surface area contributed by atoms with Gasteiger partial charge in [0, 0.05) is 30.8 Å². The highest BCUT2D eigenvalue weighted by Crippen LogP contribution is 2.00. The lowest BCUT2D eigenvalue weighted by Gasteiger charge is -2.08. The molecule has 0 aromatic heterocycles. The Morgan fingerprint density at radius 1 is 1.67 bits per heavy atom. The highest BCUT2D eigenvalue weighted by atomic mass is 35.7. The second-order valence-corrected chi connectivity index (χ2v) is 4.17. The maximum Gasteiger partial charge on any atom is 0.299 e. The third kappa shape index (κ3) is 3.69. The van der Waals surface area contributed by atoms with Crippen molar-refractivity contribution in [3.8, 4) is 0 Å². The average molecular weight is 173 g/mol. The van der Waals surface area contributed by atoms with Gasteiger partial charge < -0.3 is 5.73 Å². The van der Waals surface area contributed by atoms with Crippen LogP contribution in [0.3, 0.4) is 0 Å². The molecular formula is C3H9ClN2O2S. The van der Waals surface area contributed by atoms with E-state index in [2.05, 4.69) is 0 Å². The maximum absolute atomic E-state index is 10.4. The molecule has 9 heavy (non-hydrogen) atoms. The molecule has 0 heterocycles. The fraction of sp³-hybridized carbons (Fsp3) is 1.00. The Morgan fingerprint density at radius 3 is 2.22 bits per heavy atom. The zero-order chi connectivity index (χ0) is 7.49. The quantitative estimate of drug-likeness (QED) is 0.576. The van der Waals surface area contributed by atoms with Gasteiger partial charge in [0.15, 0.2) is 0 Å². The van der Waals surface area contributed by atoms with Crippen LogP contribution < -0.4 is 5.73 Å². The summed E-state index contributed by atoms with van der Waals surface area (Å²) >= 11 is 0. The minimum atomic E-state index is -3.54. The van der Waals surface area contributed by atoms with E-state index in [9.17, 15) is 8.42 Å². The number of likely N-dealkylation sites (N-methyl/N-ethyl adjacent to an activating group) is 1. The summed E-state index contributed by atoms with van der Waals surface area (Å²) in [6.07, 6.45) is 0. The highest BCUT2D eigenvalue weighted by molar-refractivity contribution is 8.11. The van der Waals surface area contributed by atoms with Gasteiger partial charge in [0.2, 0.25) is 0 Å². The van der Waals surface area contributed by atoms with E-state index in [-0.39, 0.29) is 13.1 Å². The lowest BCUT2D eigenvalue weighted by molar-refractivity contribution is 0.490. The molecule has 0 rings (SSSR count). The predicted molar refractivity (Wildman–Crippen MR) is 36.5 cm³/mol. The van der Waals surface area contributed by atoms with Gasteiger partial charge in [-0.15, -0.1) is 0 Å². The molecule has 0 aromatic carbocycles. The first-order valence-corrected chi connectivity index (χ1v) is 4.61. The summed E-state index contributed by atoms with van der Waals surface area (Å²) in [5.74, 6) is 0. The lowest BCUT2D eigenvalue weighted by Crippen LogP contribution is -2.28. The van der Waals surface area contributed by atoms with Crippen LogP contribution in [0.25, 0.3) is 0 Å². The van der Waals surface area contributed by atoms with Crippen molar-refractivity contribution in [2.45, 2.75) is 0 Å². The molecule has 0 aliphatic heterocycles. The maximum atomic E-state index is 10.4. The molecule has 0 spiro atoms. The van der Waals surface area contributed by atoms with Crippen molar-refractivity contribution in [2.75, 3.05) is 20.1 Å².